The number of ether oxygens (including phenoxy) is 1. The van der Waals surface area contributed by atoms with Crippen molar-refractivity contribution in [2.75, 3.05) is 67.0 Å². The fourth-order valence-electron chi connectivity index (χ4n) is 7.71. The number of piperidine rings is 1. The van der Waals surface area contributed by atoms with E-state index in [0.717, 1.165) is 53.4 Å². The minimum absolute atomic E-state index is 0.0439. The highest BCUT2D eigenvalue weighted by Gasteiger charge is 2.34. The molecular formula is C35H46FN7O4S. The van der Waals surface area contributed by atoms with Crippen LogP contribution in [0.15, 0.2) is 43.2 Å². The van der Waals surface area contributed by atoms with Gasteiger partial charge in [0.25, 0.3) is 0 Å². The molecule has 3 aromatic rings. The molecule has 11 nitrogen and oxygen atoms in total. The summed E-state index contributed by atoms with van der Waals surface area (Å²) in [5.41, 5.74) is 3.26. The van der Waals surface area contributed by atoms with Crippen molar-refractivity contribution in [3.8, 4) is 0 Å². The number of sulfone groups is 1. The van der Waals surface area contributed by atoms with Crippen LogP contribution in [-0.4, -0.2) is 98.3 Å². The number of likely N-dealkylation sites (tertiary alicyclic amines) is 1. The summed E-state index contributed by atoms with van der Waals surface area (Å²) in [6.45, 7) is 10.9. The molecule has 0 saturated carbocycles. The molecular weight excluding hydrogens is 633 g/mol. The van der Waals surface area contributed by atoms with Crippen LogP contribution >= 0.6 is 0 Å². The van der Waals surface area contributed by atoms with Crippen LogP contribution in [0.5, 0.6) is 0 Å². The molecule has 1 N–H and O–H groups in total. The van der Waals surface area contributed by atoms with Crippen LogP contribution in [0, 0.1) is 5.92 Å². The smallest absolute Gasteiger partial charge is 0.246 e. The van der Waals surface area contributed by atoms with E-state index in [-0.39, 0.29) is 36.1 Å². The van der Waals surface area contributed by atoms with Gasteiger partial charge in [-0.2, -0.15) is 4.98 Å². The third kappa shape index (κ3) is 7.12. The molecule has 3 fully saturated rings. The van der Waals surface area contributed by atoms with E-state index in [1.165, 1.54) is 19.4 Å². The highest BCUT2D eigenvalue weighted by Crippen LogP contribution is 2.44. The van der Waals surface area contributed by atoms with Gasteiger partial charge in [0.05, 0.1) is 24.4 Å². The molecule has 3 aliphatic rings. The fraction of sp³-hybridized carbons (Fsp3) is 0.543. The molecule has 48 heavy (non-hydrogen) atoms. The van der Waals surface area contributed by atoms with Gasteiger partial charge in [-0.1, -0.05) is 20.4 Å². The lowest BCUT2D eigenvalue weighted by Gasteiger charge is -2.33. The van der Waals surface area contributed by atoms with Gasteiger partial charge in [0.1, 0.15) is 27.6 Å². The second-order valence-corrected chi connectivity index (χ2v) is 15.8. The van der Waals surface area contributed by atoms with Crippen LogP contribution < -0.4 is 15.1 Å². The maximum absolute atomic E-state index is 14.7. The first-order valence-corrected chi connectivity index (χ1v) is 18.9. The normalized spacial score (nSPS) is 23.3. The number of pyridine rings is 1. The number of benzene rings is 1. The topological polar surface area (TPSA) is 121 Å². The molecule has 1 aromatic carbocycles. The molecule has 1 amide bonds. The fourth-order valence-corrected chi connectivity index (χ4v) is 8.84. The van der Waals surface area contributed by atoms with E-state index in [9.17, 15) is 17.6 Å². The van der Waals surface area contributed by atoms with Crippen LogP contribution in [0.1, 0.15) is 62.6 Å². The number of fused-ring (bicyclic) bond motifs is 1. The van der Waals surface area contributed by atoms with E-state index < -0.39 is 22.1 Å². The number of aromatic nitrogens is 3. The molecule has 13 heteroatoms. The second kappa shape index (κ2) is 13.9. The zero-order chi connectivity index (χ0) is 34.2. The molecule has 258 valence electrons. The van der Waals surface area contributed by atoms with E-state index in [1.807, 2.05) is 22.1 Å². The number of rotatable bonds is 10. The first kappa shape index (κ1) is 34.0. The molecule has 4 atom stereocenters. The van der Waals surface area contributed by atoms with Crippen molar-refractivity contribution in [2.45, 2.75) is 63.8 Å². The van der Waals surface area contributed by atoms with Gasteiger partial charge in [-0.15, -0.1) is 0 Å². The van der Waals surface area contributed by atoms with Crippen molar-refractivity contribution in [3.05, 3.63) is 54.4 Å². The van der Waals surface area contributed by atoms with Gasteiger partial charge < -0.3 is 24.8 Å². The summed E-state index contributed by atoms with van der Waals surface area (Å²) in [5, 5.41) is 5.36. The largest absolute Gasteiger partial charge is 0.378 e. The third-order valence-electron chi connectivity index (χ3n) is 9.85. The Bertz CT molecular complexity index is 1790. The van der Waals surface area contributed by atoms with Crippen molar-refractivity contribution >= 4 is 49.8 Å². The Balaban J connectivity index is 1.40. The third-order valence-corrected chi connectivity index (χ3v) is 10.9. The van der Waals surface area contributed by atoms with E-state index in [2.05, 4.69) is 41.7 Å². The standard InChI is InChI=1S/C35H46FN7O4S/c1-6-33(44)43-13-7-8-28(43)25-16-29(41-14-10-23(19-41)21-48(5,45)46)26-18-38-32(17-24(26)34(25)22(2)3)39-31-9-12-37-35(40-31)42-15-11-30(47-4)27(36)20-42/h6,9,12,16-18,22-23,27-28,30H,1,7-8,10-11,13-15,19-21H2,2-5H3,(H,37,38,39,40)/t23-,27+,28-,30-/m1/s1. The second-order valence-electron chi connectivity index (χ2n) is 13.6. The lowest BCUT2D eigenvalue weighted by atomic mass is 9.86. The minimum Gasteiger partial charge on any atom is -0.378 e. The van der Waals surface area contributed by atoms with Crippen LogP contribution in [0.2, 0.25) is 0 Å². The Labute approximate surface area is 282 Å². The first-order chi connectivity index (χ1) is 23.0. The summed E-state index contributed by atoms with van der Waals surface area (Å²) < 4.78 is 44.2. The summed E-state index contributed by atoms with van der Waals surface area (Å²) >= 11 is 0. The molecule has 5 heterocycles. The number of hydrogen-bond acceptors (Lipinski definition) is 10. The Morgan fingerprint density at radius 2 is 1.90 bits per heavy atom. The maximum atomic E-state index is 14.7. The highest BCUT2D eigenvalue weighted by atomic mass is 32.2. The molecule has 0 unspecified atom stereocenters. The number of anilines is 4. The number of nitrogens with zero attached hydrogens (tertiary/aromatic N) is 6. The van der Waals surface area contributed by atoms with E-state index in [1.54, 1.807) is 12.3 Å². The van der Waals surface area contributed by atoms with Gasteiger partial charge in [-0.25, -0.2) is 22.8 Å². The van der Waals surface area contributed by atoms with E-state index in [0.29, 0.717) is 43.6 Å². The summed E-state index contributed by atoms with van der Waals surface area (Å²) in [6, 6.07) is 5.93. The molecule has 3 saturated heterocycles. The molecule has 6 rings (SSSR count). The first-order valence-electron chi connectivity index (χ1n) is 16.8. The quantitative estimate of drug-likeness (QED) is 0.287. The highest BCUT2D eigenvalue weighted by molar-refractivity contribution is 7.90. The summed E-state index contributed by atoms with van der Waals surface area (Å²) in [5.74, 6) is 1.84. The average molecular weight is 680 g/mol. The number of carbonyl (C=O) groups is 1. The summed E-state index contributed by atoms with van der Waals surface area (Å²) in [4.78, 5) is 32.9. The molecule has 3 aliphatic heterocycles. The van der Waals surface area contributed by atoms with Gasteiger partial charge in [-0.3, -0.25) is 4.79 Å². The number of carbonyl (C=O) groups excluding carboxylic acids is 1. The van der Waals surface area contributed by atoms with Gasteiger partial charge in [0.15, 0.2) is 0 Å². The maximum Gasteiger partial charge on any atom is 0.246 e. The number of halogens is 1. The zero-order valence-electron chi connectivity index (χ0n) is 28.2. The monoisotopic (exact) mass is 679 g/mol. The SMILES string of the molecule is C=CC(=O)N1CCC[C@@H]1c1cc(N2CC[C@@H](CS(C)(=O)=O)C2)c2cnc(Nc3ccnc(N4CC[C@@H](OC)[C@@H](F)C4)n3)cc2c1C(C)C. The van der Waals surface area contributed by atoms with Crippen LogP contribution in [0.3, 0.4) is 0 Å². The molecule has 0 bridgehead atoms. The Hall–Kier alpha value is -3.84. The lowest BCUT2D eigenvalue weighted by molar-refractivity contribution is -0.126. The number of amides is 1. The summed E-state index contributed by atoms with van der Waals surface area (Å²) in [6.07, 6.45) is 7.76. The molecule has 0 aliphatic carbocycles. The van der Waals surface area contributed by atoms with Gasteiger partial charge in [0.2, 0.25) is 11.9 Å². The Morgan fingerprint density at radius 1 is 1.10 bits per heavy atom. The van der Waals surface area contributed by atoms with Gasteiger partial charge in [0, 0.05) is 63.0 Å². The Kier molecular flexibility index (Phi) is 9.89. The number of methoxy groups -OCH3 is 1. The van der Waals surface area contributed by atoms with Crippen LogP contribution in [0.25, 0.3) is 10.8 Å². The molecule has 0 radical (unpaired) electrons. The van der Waals surface area contributed by atoms with Crippen molar-refractivity contribution in [2.24, 2.45) is 5.92 Å². The van der Waals surface area contributed by atoms with Crippen molar-refractivity contribution in [1.82, 2.24) is 19.9 Å². The Morgan fingerprint density at radius 3 is 2.60 bits per heavy atom. The van der Waals surface area contributed by atoms with Crippen LogP contribution in [0.4, 0.5) is 27.7 Å². The van der Waals surface area contributed by atoms with Gasteiger partial charge in [-0.05, 0) is 78.3 Å². The summed E-state index contributed by atoms with van der Waals surface area (Å²) in [7, 11) is -1.57. The lowest BCUT2D eigenvalue weighted by Crippen LogP contribution is -2.46. The molecule has 2 aromatic heterocycles. The number of hydrogen-bond donors (Lipinski definition) is 1. The minimum atomic E-state index is -3.11. The average Bonchev–Trinajstić information content (AvgIpc) is 3.73. The number of alkyl halides is 1. The zero-order valence-corrected chi connectivity index (χ0v) is 29.0. The van der Waals surface area contributed by atoms with Gasteiger partial charge >= 0.3 is 0 Å². The number of nitrogens with one attached hydrogen (secondary N) is 1. The predicted molar refractivity (Wildman–Crippen MR) is 188 cm³/mol. The predicted octanol–water partition coefficient (Wildman–Crippen LogP) is 5.18. The van der Waals surface area contributed by atoms with E-state index >= 15 is 0 Å². The van der Waals surface area contributed by atoms with Crippen LogP contribution in [-0.2, 0) is 19.4 Å². The van der Waals surface area contributed by atoms with E-state index in [4.69, 9.17) is 14.7 Å². The van der Waals surface area contributed by atoms with Crippen molar-refractivity contribution in [1.29, 1.82) is 0 Å². The van der Waals surface area contributed by atoms with Crippen molar-refractivity contribution < 1.29 is 22.3 Å². The van der Waals surface area contributed by atoms with Crippen molar-refractivity contribution in [3.63, 3.8) is 0 Å². The molecule has 0 spiro atoms.